The first-order chi connectivity index (χ1) is 12.0. The van der Waals surface area contributed by atoms with Crippen molar-refractivity contribution in [3.63, 3.8) is 0 Å². The Balaban J connectivity index is 1.69. The van der Waals surface area contributed by atoms with E-state index in [0.29, 0.717) is 5.75 Å². The summed E-state index contributed by atoms with van der Waals surface area (Å²) in [5.74, 6) is 2.62. The summed E-state index contributed by atoms with van der Waals surface area (Å²) in [5, 5.41) is 11.7. The molecule has 1 aliphatic rings. The van der Waals surface area contributed by atoms with Crippen LogP contribution in [0.25, 0.3) is 0 Å². The van der Waals surface area contributed by atoms with Gasteiger partial charge in [0.25, 0.3) is 5.91 Å². The van der Waals surface area contributed by atoms with Gasteiger partial charge >= 0.3 is 0 Å². The van der Waals surface area contributed by atoms with E-state index in [4.69, 9.17) is 4.74 Å². The second-order valence-corrected chi connectivity index (χ2v) is 7.03. The van der Waals surface area contributed by atoms with Gasteiger partial charge in [-0.2, -0.15) is 0 Å². The molecule has 25 heavy (non-hydrogen) atoms. The van der Waals surface area contributed by atoms with E-state index in [1.807, 2.05) is 31.2 Å². The molecule has 0 saturated carbocycles. The Morgan fingerprint density at radius 2 is 1.92 bits per heavy atom. The average molecular weight is 342 g/mol. The van der Waals surface area contributed by atoms with Gasteiger partial charge in [-0.1, -0.05) is 31.5 Å². The maximum atomic E-state index is 12.6. The third kappa shape index (κ3) is 3.83. The van der Waals surface area contributed by atoms with Crippen molar-refractivity contribution in [2.45, 2.75) is 59.2 Å². The van der Waals surface area contributed by atoms with Gasteiger partial charge in [0.05, 0.1) is 6.04 Å². The topological polar surface area (TPSA) is 69.0 Å². The van der Waals surface area contributed by atoms with Crippen LogP contribution in [0.5, 0.6) is 5.75 Å². The van der Waals surface area contributed by atoms with Crippen LogP contribution < -0.4 is 10.1 Å². The van der Waals surface area contributed by atoms with Crippen LogP contribution in [0.4, 0.5) is 0 Å². The molecule has 1 amide bonds. The van der Waals surface area contributed by atoms with Crippen molar-refractivity contribution in [2.75, 3.05) is 0 Å². The van der Waals surface area contributed by atoms with Crippen LogP contribution >= 0.6 is 0 Å². The molecular weight excluding hydrogens is 316 g/mol. The molecule has 0 aliphatic carbocycles. The third-order valence-electron chi connectivity index (χ3n) is 4.58. The van der Waals surface area contributed by atoms with Crippen LogP contribution in [0.1, 0.15) is 50.4 Å². The Kier molecular flexibility index (Phi) is 5.06. The average Bonchev–Trinajstić information content (AvgIpc) is 3.18. The molecule has 1 aromatic carbocycles. The molecule has 2 heterocycles. The Hall–Kier alpha value is -2.37. The van der Waals surface area contributed by atoms with Gasteiger partial charge < -0.3 is 14.6 Å². The Morgan fingerprint density at radius 1 is 1.20 bits per heavy atom. The molecule has 0 saturated heterocycles. The first-order valence-corrected chi connectivity index (χ1v) is 8.91. The van der Waals surface area contributed by atoms with Crippen LogP contribution in [0.2, 0.25) is 0 Å². The number of rotatable bonds is 6. The summed E-state index contributed by atoms with van der Waals surface area (Å²) in [4.78, 5) is 12.6. The first-order valence-electron chi connectivity index (χ1n) is 8.91. The zero-order valence-corrected chi connectivity index (χ0v) is 15.3. The largest absolute Gasteiger partial charge is 0.481 e. The molecule has 2 atom stereocenters. The summed E-state index contributed by atoms with van der Waals surface area (Å²) < 4.78 is 7.90. The van der Waals surface area contributed by atoms with Gasteiger partial charge in [0.2, 0.25) is 0 Å². The highest BCUT2D eigenvalue weighted by Crippen LogP contribution is 2.25. The predicted octanol–water partition coefficient (Wildman–Crippen LogP) is 2.81. The molecule has 2 aromatic rings. The van der Waals surface area contributed by atoms with E-state index in [9.17, 15) is 4.79 Å². The molecule has 0 radical (unpaired) electrons. The van der Waals surface area contributed by atoms with Crippen molar-refractivity contribution in [3.05, 3.63) is 41.5 Å². The standard InChI is InChI=1S/C19H26N4O2/c1-12(2)17(18-22-21-16-6-5-11-23(16)18)20-19(24)14(4)25-15-9-7-13(3)8-10-15/h7-10,12,14,17H,5-6,11H2,1-4H3,(H,20,24). The molecule has 0 spiro atoms. The number of carbonyl (C=O) groups excluding carboxylic acids is 1. The van der Waals surface area contributed by atoms with Crippen molar-refractivity contribution in [1.82, 2.24) is 20.1 Å². The highest BCUT2D eigenvalue weighted by molar-refractivity contribution is 5.81. The fourth-order valence-corrected chi connectivity index (χ4v) is 3.08. The molecule has 1 aromatic heterocycles. The Morgan fingerprint density at radius 3 is 2.60 bits per heavy atom. The van der Waals surface area contributed by atoms with E-state index in [1.54, 1.807) is 6.92 Å². The normalized spacial score (nSPS) is 15.7. The number of hydrogen-bond acceptors (Lipinski definition) is 4. The monoisotopic (exact) mass is 342 g/mol. The summed E-state index contributed by atoms with van der Waals surface area (Å²) in [6.07, 6.45) is 1.47. The van der Waals surface area contributed by atoms with Gasteiger partial charge in [-0.05, 0) is 38.3 Å². The minimum Gasteiger partial charge on any atom is -0.481 e. The fraction of sp³-hybridized carbons (Fsp3) is 0.526. The minimum atomic E-state index is -0.579. The molecule has 3 rings (SSSR count). The lowest BCUT2D eigenvalue weighted by atomic mass is 10.0. The number of amides is 1. The Labute approximate surface area is 148 Å². The number of carbonyl (C=O) groups is 1. The molecule has 6 nitrogen and oxygen atoms in total. The summed E-state index contributed by atoms with van der Waals surface area (Å²) in [5.41, 5.74) is 1.16. The number of aromatic nitrogens is 3. The highest BCUT2D eigenvalue weighted by Gasteiger charge is 2.29. The van der Waals surface area contributed by atoms with Crippen molar-refractivity contribution in [3.8, 4) is 5.75 Å². The van der Waals surface area contributed by atoms with Gasteiger partial charge in [-0.15, -0.1) is 10.2 Å². The van der Waals surface area contributed by atoms with E-state index in [2.05, 4.69) is 33.9 Å². The molecule has 134 valence electrons. The number of nitrogens with one attached hydrogen (secondary N) is 1. The molecule has 0 fully saturated rings. The van der Waals surface area contributed by atoms with Crippen molar-refractivity contribution in [2.24, 2.45) is 5.92 Å². The predicted molar refractivity (Wildman–Crippen MR) is 95.3 cm³/mol. The zero-order chi connectivity index (χ0) is 18.0. The van der Waals surface area contributed by atoms with Crippen molar-refractivity contribution < 1.29 is 9.53 Å². The lowest BCUT2D eigenvalue weighted by molar-refractivity contribution is -0.128. The van der Waals surface area contributed by atoms with Crippen LogP contribution in [-0.2, 0) is 17.8 Å². The lowest BCUT2D eigenvalue weighted by Crippen LogP contribution is -2.41. The van der Waals surface area contributed by atoms with E-state index in [1.165, 1.54) is 0 Å². The molecule has 1 aliphatic heterocycles. The molecule has 2 unspecified atom stereocenters. The second kappa shape index (κ2) is 7.25. The van der Waals surface area contributed by atoms with Gasteiger partial charge in [0, 0.05) is 13.0 Å². The molecule has 0 bridgehead atoms. The lowest BCUT2D eigenvalue weighted by Gasteiger charge is -2.24. The minimum absolute atomic E-state index is 0.144. The van der Waals surface area contributed by atoms with E-state index in [0.717, 1.165) is 36.6 Å². The van der Waals surface area contributed by atoms with Crippen LogP contribution in [0.15, 0.2) is 24.3 Å². The number of aryl methyl sites for hydroxylation is 2. The van der Waals surface area contributed by atoms with Crippen molar-refractivity contribution >= 4 is 5.91 Å². The quantitative estimate of drug-likeness (QED) is 0.876. The van der Waals surface area contributed by atoms with Crippen LogP contribution in [-0.4, -0.2) is 26.8 Å². The van der Waals surface area contributed by atoms with E-state index in [-0.39, 0.29) is 17.9 Å². The Bertz CT molecular complexity index is 736. The molecule has 6 heteroatoms. The van der Waals surface area contributed by atoms with Gasteiger partial charge in [-0.3, -0.25) is 4.79 Å². The SMILES string of the molecule is Cc1ccc(OC(C)C(=O)NC(c2nnc3n2CCC3)C(C)C)cc1. The van der Waals surface area contributed by atoms with Crippen LogP contribution in [0, 0.1) is 12.8 Å². The van der Waals surface area contributed by atoms with Crippen LogP contribution in [0.3, 0.4) is 0 Å². The second-order valence-electron chi connectivity index (χ2n) is 7.03. The smallest absolute Gasteiger partial charge is 0.261 e. The van der Waals surface area contributed by atoms with Gasteiger partial charge in [-0.25, -0.2) is 0 Å². The summed E-state index contributed by atoms with van der Waals surface area (Å²) in [7, 11) is 0. The third-order valence-corrected chi connectivity index (χ3v) is 4.58. The summed E-state index contributed by atoms with van der Waals surface area (Å²) in [6, 6.07) is 7.53. The van der Waals surface area contributed by atoms with E-state index >= 15 is 0 Å². The number of nitrogens with zero attached hydrogens (tertiary/aromatic N) is 3. The number of hydrogen-bond donors (Lipinski definition) is 1. The highest BCUT2D eigenvalue weighted by atomic mass is 16.5. The molecule has 1 N–H and O–H groups in total. The number of ether oxygens (including phenoxy) is 1. The van der Waals surface area contributed by atoms with E-state index < -0.39 is 6.10 Å². The first kappa shape index (κ1) is 17.5. The number of benzene rings is 1. The van der Waals surface area contributed by atoms with Crippen molar-refractivity contribution in [1.29, 1.82) is 0 Å². The van der Waals surface area contributed by atoms with Gasteiger partial charge in [0.1, 0.15) is 11.6 Å². The zero-order valence-electron chi connectivity index (χ0n) is 15.3. The summed E-state index contributed by atoms with van der Waals surface area (Å²) in [6.45, 7) is 8.86. The summed E-state index contributed by atoms with van der Waals surface area (Å²) >= 11 is 0. The number of fused-ring (bicyclic) bond motifs is 1. The fourth-order valence-electron chi connectivity index (χ4n) is 3.08. The maximum absolute atomic E-state index is 12.6. The maximum Gasteiger partial charge on any atom is 0.261 e. The molecular formula is C19H26N4O2. The van der Waals surface area contributed by atoms with Gasteiger partial charge in [0.15, 0.2) is 11.9 Å².